The number of hydroxylamine groups is 2. The lowest BCUT2D eigenvalue weighted by atomic mass is 10.1. The van der Waals surface area contributed by atoms with Crippen molar-refractivity contribution < 1.29 is 33.5 Å². The third-order valence-electron chi connectivity index (χ3n) is 3.91. The van der Waals surface area contributed by atoms with Crippen LogP contribution in [0.5, 0.6) is 0 Å². The molecule has 0 aromatic heterocycles. The zero-order valence-corrected chi connectivity index (χ0v) is 16.0. The molecule has 0 unspecified atom stereocenters. The monoisotopic (exact) mass is 392 g/mol. The second kappa shape index (κ2) is 10.5. The molecule has 1 aromatic rings. The largest absolute Gasteiger partial charge is 0.465 e. The van der Waals surface area contributed by atoms with Gasteiger partial charge in [-0.3, -0.25) is 28.9 Å². The van der Waals surface area contributed by atoms with E-state index in [1.165, 1.54) is 0 Å². The summed E-state index contributed by atoms with van der Waals surface area (Å²) >= 11 is 0. The predicted octanol–water partition coefficient (Wildman–Crippen LogP) is 1.03. The van der Waals surface area contributed by atoms with E-state index in [4.69, 9.17) is 14.3 Å². The zero-order valence-electron chi connectivity index (χ0n) is 16.0. The van der Waals surface area contributed by atoms with Crippen molar-refractivity contribution in [1.29, 1.82) is 0 Å². The average Bonchev–Trinajstić information content (AvgIpc) is 2.90. The molecule has 0 radical (unpaired) electrons. The number of hydrogen-bond donors (Lipinski definition) is 0. The van der Waals surface area contributed by atoms with Crippen LogP contribution in [0.15, 0.2) is 24.3 Å². The highest BCUT2D eigenvalue weighted by atomic mass is 16.7. The first kappa shape index (κ1) is 21.5. The van der Waals surface area contributed by atoms with E-state index in [1.807, 2.05) is 0 Å². The van der Waals surface area contributed by atoms with Crippen molar-refractivity contribution in [1.82, 2.24) is 9.96 Å². The Kier molecular flexibility index (Phi) is 8.09. The second-order valence-electron chi connectivity index (χ2n) is 5.96. The van der Waals surface area contributed by atoms with E-state index >= 15 is 0 Å². The summed E-state index contributed by atoms with van der Waals surface area (Å²) < 4.78 is 9.81. The van der Waals surface area contributed by atoms with Gasteiger partial charge in [0.1, 0.15) is 0 Å². The number of hydrogen-bond acceptors (Lipinski definition) is 8. The summed E-state index contributed by atoms with van der Waals surface area (Å²) in [6.07, 6.45) is 0.381. The molecule has 0 N–H and O–H groups in total. The van der Waals surface area contributed by atoms with Crippen LogP contribution in [-0.2, 0) is 23.9 Å². The summed E-state index contributed by atoms with van der Waals surface area (Å²) in [5, 5.41) is 0.742. The Balaban J connectivity index is 1.84. The van der Waals surface area contributed by atoms with Gasteiger partial charge in [-0.15, -0.1) is 5.06 Å². The fraction of sp³-hybridized carbons (Fsp3) is 0.474. The van der Waals surface area contributed by atoms with Crippen LogP contribution in [-0.4, -0.2) is 73.2 Å². The predicted molar refractivity (Wildman–Crippen MR) is 97.2 cm³/mol. The molecule has 0 aliphatic carbocycles. The first-order valence-electron chi connectivity index (χ1n) is 9.12. The van der Waals surface area contributed by atoms with Gasteiger partial charge in [0.2, 0.25) is 0 Å². The van der Waals surface area contributed by atoms with Crippen LogP contribution in [0.2, 0.25) is 0 Å². The normalized spacial score (nSPS) is 13.0. The zero-order chi connectivity index (χ0) is 20.5. The van der Waals surface area contributed by atoms with Gasteiger partial charge in [-0.1, -0.05) is 12.1 Å². The summed E-state index contributed by atoms with van der Waals surface area (Å²) in [4.78, 5) is 54.7. The molecule has 9 heteroatoms. The van der Waals surface area contributed by atoms with Crippen molar-refractivity contribution in [3.8, 4) is 0 Å². The molecule has 0 fully saturated rings. The molecule has 2 rings (SSSR count). The van der Waals surface area contributed by atoms with E-state index in [1.54, 1.807) is 43.0 Å². The first-order chi connectivity index (χ1) is 13.5. The summed E-state index contributed by atoms with van der Waals surface area (Å²) in [6.45, 7) is 4.13. The smallest absolute Gasteiger partial charge is 0.320 e. The molecule has 0 bridgehead atoms. The fourth-order valence-corrected chi connectivity index (χ4v) is 2.72. The van der Waals surface area contributed by atoms with Crippen LogP contribution in [0.1, 0.15) is 41.0 Å². The Morgan fingerprint density at radius 2 is 1.43 bits per heavy atom. The van der Waals surface area contributed by atoms with E-state index in [9.17, 15) is 19.2 Å². The lowest BCUT2D eigenvalue weighted by Gasteiger charge is -2.20. The molecule has 0 atom stereocenters. The van der Waals surface area contributed by atoms with E-state index < -0.39 is 23.8 Å². The van der Waals surface area contributed by atoms with Crippen molar-refractivity contribution >= 4 is 23.8 Å². The highest BCUT2D eigenvalue weighted by Crippen LogP contribution is 2.22. The number of imide groups is 1. The van der Waals surface area contributed by atoms with E-state index in [0.717, 1.165) is 5.06 Å². The highest BCUT2D eigenvalue weighted by molar-refractivity contribution is 6.20. The number of ether oxygens (including phenoxy) is 2. The van der Waals surface area contributed by atoms with Crippen LogP contribution in [0.4, 0.5) is 0 Å². The number of carbonyl (C=O) groups is 4. The molecule has 0 saturated carbocycles. The van der Waals surface area contributed by atoms with Crippen LogP contribution in [0.3, 0.4) is 0 Å². The molecular formula is C19H24N2O7. The van der Waals surface area contributed by atoms with Gasteiger partial charge in [-0.25, -0.2) is 0 Å². The summed E-state index contributed by atoms with van der Waals surface area (Å²) in [7, 11) is 0. The maximum absolute atomic E-state index is 12.2. The molecule has 1 aromatic carbocycles. The summed E-state index contributed by atoms with van der Waals surface area (Å²) in [5.74, 6) is -1.91. The molecule has 152 valence electrons. The number of amides is 2. The van der Waals surface area contributed by atoms with Gasteiger partial charge in [0.05, 0.1) is 44.0 Å². The molecule has 1 aliphatic heterocycles. The van der Waals surface area contributed by atoms with Crippen LogP contribution < -0.4 is 0 Å². The Morgan fingerprint density at radius 1 is 0.929 bits per heavy atom. The number of rotatable bonds is 11. The molecular weight excluding hydrogens is 368 g/mol. The fourth-order valence-electron chi connectivity index (χ4n) is 2.72. The Morgan fingerprint density at radius 3 is 1.89 bits per heavy atom. The van der Waals surface area contributed by atoms with Gasteiger partial charge in [0, 0.05) is 6.54 Å². The Labute approximate surface area is 163 Å². The molecule has 1 heterocycles. The van der Waals surface area contributed by atoms with Gasteiger partial charge in [0.25, 0.3) is 11.8 Å². The van der Waals surface area contributed by atoms with Crippen molar-refractivity contribution in [3.63, 3.8) is 0 Å². The van der Waals surface area contributed by atoms with Crippen molar-refractivity contribution in [2.24, 2.45) is 0 Å². The van der Waals surface area contributed by atoms with Crippen molar-refractivity contribution in [2.45, 2.75) is 20.3 Å². The van der Waals surface area contributed by atoms with Gasteiger partial charge in [-0.05, 0) is 32.4 Å². The van der Waals surface area contributed by atoms with Crippen molar-refractivity contribution in [2.75, 3.05) is 39.5 Å². The lowest BCUT2D eigenvalue weighted by Crippen LogP contribution is -2.38. The minimum absolute atomic E-state index is 0.0631. The summed E-state index contributed by atoms with van der Waals surface area (Å²) in [5.41, 5.74) is 0.609. The average molecular weight is 392 g/mol. The third-order valence-corrected chi connectivity index (χ3v) is 3.91. The third kappa shape index (κ3) is 5.61. The minimum Gasteiger partial charge on any atom is -0.465 e. The Bertz CT molecular complexity index is 680. The van der Waals surface area contributed by atoms with Crippen LogP contribution in [0.25, 0.3) is 0 Å². The maximum Gasteiger partial charge on any atom is 0.320 e. The second-order valence-corrected chi connectivity index (χ2v) is 5.96. The van der Waals surface area contributed by atoms with Gasteiger partial charge in [-0.2, -0.15) is 0 Å². The topological polar surface area (TPSA) is 102 Å². The SMILES string of the molecule is CCOC(=O)CN(CCCON1C(=O)c2ccccc2C1=O)CC(=O)OCC. The number of fused-ring (bicyclic) bond motifs is 1. The highest BCUT2D eigenvalue weighted by Gasteiger charge is 2.36. The summed E-state index contributed by atoms with van der Waals surface area (Å²) in [6, 6.07) is 6.49. The molecule has 0 spiro atoms. The molecule has 9 nitrogen and oxygen atoms in total. The van der Waals surface area contributed by atoms with Crippen LogP contribution >= 0.6 is 0 Å². The van der Waals surface area contributed by atoms with Crippen LogP contribution in [0, 0.1) is 0 Å². The number of carbonyl (C=O) groups excluding carboxylic acids is 4. The first-order valence-corrected chi connectivity index (χ1v) is 9.12. The number of esters is 2. The quantitative estimate of drug-likeness (QED) is 0.313. The molecule has 0 saturated heterocycles. The number of nitrogens with zero attached hydrogens (tertiary/aromatic N) is 2. The number of benzene rings is 1. The van der Waals surface area contributed by atoms with Gasteiger partial charge < -0.3 is 9.47 Å². The minimum atomic E-state index is -0.504. The molecule has 2 amide bonds. The lowest BCUT2D eigenvalue weighted by molar-refractivity contribution is -0.148. The van der Waals surface area contributed by atoms with E-state index in [-0.39, 0.29) is 32.9 Å². The Hall–Kier alpha value is -2.78. The standard InChI is InChI=1S/C19H24N2O7/c1-3-26-16(22)12-20(13-17(23)27-4-2)10-7-11-28-21-18(24)14-8-5-6-9-15(14)19(21)25/h5-6,8-9H,3-4,7,10-13H2,1-2H3. The van der Waals surface area contributed by atoms with E-state index in [0.29, 0.717) is 24.1 Å². The van der Waals surface area contributed by atoms with Gasteiger partial charge in [0.15, 0.2) is 0 Å². The molecule has 28 heavy (non-hydrogen) atoms. The van der Waals surface area contributed by atoms with Crippen molar-refractivity contribution in [3.05, 3.63) is 35.4 Å². The van der Waals surface area contributed by atoms with Gasteiger partial charge >= 0.3 is 11.9 Å². The molecule has 1 aliphatic rings. The van der Waals surface area contributed by atoms with E-state index in [2.05, 4.69) is 0 Å². The maximum atomic E-state index is 12.2.